The lowest BCUT2D eigenvalue weighted by atomic mass is 10.1. The van der Waals surface area contributed by atoms with Crippen molar-refractivity contribution in [2.24, 2.45) is 0 Å². The number of hydrogen-bond acceptors (Lipinski definition) is 5. The first-order valence-corrected chi connectivity index (χ1v) is 10.0. The van der Waals surface area contributed by atoms with Crippen molar-refractivity contribution >= 4 is 23.5 Å². The van der Waals surface area contributed by atoms with Gasteiger partial charge in [0.25, 0.3) is 5.91 Å². The summed E-state index contributed by atoms with van der Waals surface area (Å²) in [5.41, 5.74) is 3.55. The summed E-state index contributed by atoms with van der Waals surface area (Å²) in [6.07, 6.45) is 3.23. The van der Waals surface area contributed by atoms with Gasteiger partial charge in [-0.15, -0.1) is 5.10 Å². The molecule has 2 aromatic carbocycles. The standard InChI is InChI=1S/C22H21ClN6O2/c1-15-4-3-5-17(10-15)12-29-13-24-22(27-29)25-21(30)19-8-9-28(26-19)14-31-20-11-16(2)6-7-18(20)23/h3-11,13H,12,14H2,1-2H3,(H,25,27,30). The highest BCUT2D eigenvalue weighted by molar-refractivity contribution is 6.32. The van der Waals surface area contributed by atoms with E-state index in [0.29, 0.717) is 17.3 Å². The monoisotopic (exact) mass is 436 g/mol. The maximum Gasteiger partial charge on any atom is 0.278 e. The molecule has 0 saturated heterocycles. The Morgan fingerprint density at radius 3 is 2.74 bits per heavy atom. The predicted molar refractivity (Wildman–Crippen MR) is 117 cm³/mol. The van der Waals surface area contributed by atoms with Crippen LogP contribution >= 0.6 is 11.6 Å². The second-order valence-corrected chi connectivity index (χ2v) is 7.56. The van der Waals surface area contributed by atoms with Gasteiger partial charge >= 0.3 is 0 Å². The molecule has 0 atom stereocenters. The van der Waals surface area contributed by atoms with E-state index < -0.39 is 5.91 Å². The number of rotatable bonds is 7. The molecule has 0 unspecified atom stereocenters. The molecule has 0 fully saturated rings. The predicted octanol–water partition coefficient (Wildman–Crippen LogP) is 4.08. The number of benzene rings is 2. The maximum atomic E-state index is 12.5. The smallest absolute Gasteiger partial charge is 0.278 e. The maximum absolute atomic E-state index is 12.5. The summed E-state index contributed by atoms with van der Waals surface area (Å²) in [7, 11) is 0. The first-order chi connectivity index (χ1) is 15.0. The minimum Gasteiger partial charge on any atom is -0.470 e. The third-order valence-corrected chi connectivity index (χ3v) is 4.81. The van der Waals surface area contributed by atoms with Crippen LogP contribution in [0.25, 0.3) is 0 Å². The fraction of sp³-hybridized carbons (Fsp3) is 0.182. The normalized spacial score (nSPS) is 10.8. The number of ether oxygens (including phenoxy) is 1. The quantitative estimate of drug-likeness (QED) is 0.471. The van der Waals surface area contributed by atoms with Crippen LogP contribution in [-0.4, -0.2) is 30.5 Å². The van der Waals surface area contributed by atoms with Crippen molar-refractivity contribution in [3.8, 4) is 5.75 Å². The van der Waals surface area contributed by atoms with Crippen molar-refractivity contribution in [2.45, 2.75) is 27.1 Å². The van der Waals surface area contributed by atoms with Gasteiger partial charge in [0.15, 0.2) is 12.4 Å². The topological polar surface area (TPSA) is 86.9 Å². The summed E-state index contributed by atoms with van der Waals surface area (Å²) >= 11 is 6.13. The Morgan fingerprint density at radius 1 is 1.06 bits per heavy atom. The molecule has 4 aromatic rings. The molecule has 4 rings (SSSR count). The molecule has 0 aliphatic carbocycles. The Labute approximate surface area is 184 Å². The van der Waals surface area contributed by atoms with Crippen LogP contribution in [0.5, 0.6) is 5.75 Å². The van der Waals surface area contributed by atoms with Crippen molar-refractivity contribution < 1.29 is 9.53 Å². The minimum absolute atomic E-state index is 0.125. The molecule has 0 spiro atoms. The Balaban J connectivity index is 1.35. The van der Waals surface area contributed by atoms with Gasteiger partial charge in [0, 0.05) is 6.20 Å². The number of nitrogens with zero attached hydrogens (tertiary/aromatic N) is 5. The van der Waals surface area contributed by atoms with E-state index in [9.17, 15) is 4.79 Å². The molecule has 0 aliphatic rings. The fourth-order valence-corrected chi connectivity index (χ4v) is 3.17. The molecule has 0 saturated carbocycles. The van der Waals surface area contributed by atoms with Crippen molar-refractivity contribution in [1.29, 1.82) is 0 Å². The van der Waals surface area contributed by atoms with Crippen molar-refractivity contribution in [3.63, 3.8) is 0 Å². The number of nitrogens with one attached hydrogen (secondary N) is 1. The van der Waals surface area contributed by atoms with Crippen LogP contribution in [0.3, 0.4) is 0 Å². The molecule has 9 heteroatoms. The van der Waals surface area contributed by atoms with E-state index in [4.69, 9.17) is 16.3 Å². The van der Waals surface area contributed by atoms with Crippen LogP contribution < -0.4 is 10.1 Å². The number of aromatic nitrogens is 5. The Bertz CT molecular complexity index is 1220. The van der Waals surface area contributed by atoms with E-state index in [2.05, 4.69) is 26.6 Å². The second kappa shape index (κ2) is 9.01. The Kier molecular flexibility index (Phi) is 5.99. The van der Waals surface area contributed by atoms with Gasteiger partial charge in [-0.25, -0.2) is 14.3 Å². The molecule has 2 aromatic heterocycles. The van der Waals surface area contributed by atoms with Crippen LogP contribution in [0.15, 0.2) is 61.1 Å². The first-order valence-electron chi connectivity index (χ1n) is 9.65. The summed E-state index contributed by atoms with van der Waals surface area (Å²) in [5.74, 6) is 0.377. The molecule has 1 amide bonds. The number of hydrogen-bond donors (Lipinski definition) is 1. The van der Waals surface area contributed by atoms with E-state index >= 15 is 0 Å². The Morgan fingerprint density at radius 2 is 1.90 bits per heavy atom. The van der Waals surface area contributed by atoms with Gasteiger partial charge in [0.2, 0.25) is 5.95 Å². The van der Waals surface area contributed by atoms with Crippen molar-refractivity contribution in [1.82, 2.24) is 24.5 Å². The number of carbonyl (C=O) groups excluding carboxylic acids is 1. The summed E-state index contributed by atoms with van der Waals surface area (Å²) in [5, 5.41) is 11.7. The van der Waals surface area contributed by atoms with E-state index in [1.54, 1.807) is 29.3 Å². The summed E-state index contributed by atoms with van der Waals surface area (Å²) < 4.78 is 8.87. The number of amides is 1. The fourth-order valence-electron chi connectivity index (χ4n) is 3.00. The SMILES string of the molecule is Cc1cccc(Cn2cnc(NC(=O)c3ccn(COc4cc(C)ccc4Cl)n3)n2)c1. The molecule has 31 heavy (non-hydrogen) atoms. The van der Waals surface area contributed by atoms with Crippen LogP contribution in [0.4, 0.5) is 5.95 Å². The third kappa shape index (κ3) is 5.29. The van der Waals surface area contributed by atoms with Crippen LogP contribution in [0.2, 0.25) is 5.02 Å². The largest absolute Gasteiger partial charge is 0.470 e. The number of carbonyl (C=O) groups is 1. The van der Waals surface area contributed by atoms with Gasteiger partial charge in [-0.2, -0.15) is 5.10 Å². The molecule has 8 nitrogen and oxygen atoms in total. The van der Waals surface area contributed by atoms with Crippen LogP contribution in [0.1, 0.15) is 27.2 Å². The average molecular weight is 437 g/mol. The first kappa shape index (κ1) is 20.6. The van der Waals surface area contributed by atoms with Gasteiger partial charge in [-0.3, -0.25) is 10.1 Å². The molecular weight excluding hydrogens is 416 g/mol. The Hall–Kier alpha value is -3.65. The summed E-state index contributed by atoms with van der Waals surface area (Å²) in [4.78, 5) is 16.6. The van der Waals surface area contributed by atoms with E-state index in [1.165, 1.54) is 10.2 Å². The molecule has 2 heterocycles. The zero-order chi connectivity index (χ0) is 21.8. The molecule has 0 aliphatic heterocycles. The van der Waals surface area contributed by atoms with Crippen LogP contribution in [-0.2, 0) is 13.3 Å². The number of halogens is 1. The lowest BCUT2D eigenvalue weighted by Gasteiger charge is -2.08. The lowest BCUT2D eigenvalue weighted by Crippen LogP contribution is -2.15. The highest BCUT2D eigenvalue weighted by Crippen LogP contribution is 2.25. The van der Waals surface area contributed by atoms with E-state index in [-0.39, 0.29) is 18.4 Å². The third-order valence-electron chi connectivity index (χ3n) is 4.50. The van der Waals surface area contributed by atoms with Gasteiger partial charge in [0.05, 0.1) is 11.6 Å². The van der Waals surface area contributed by atoms with Crippen molar-refractivity contribution in [2.75, 3.05) is 5.32 Å². The molecule has 0 bridgehead atoms. The summed E-state index contributed by atoms with van der Waals surface area (Å²) in [6.45, 7) is 4.68. The zero-order valence-corrected chi connectivity index (χ0v) is 17.9. The molecule has 0 radical (unpaired) electrons. The highest BCUT2D eigenvalue weighted by atomic mass is 35.5. The second-order valence-electron chi connectivity index (χ2n) is 7.16. The molecule has 158 valence electrons. The number of anilines is 1. The van der Waals surface area contributed by atoms with E-state index in [1.807, 2.05) is 44.2 Å². The zero-order valence-electron chi connectivity index (χ0n) is 17.1. The highest BCUT2D eigenvalue weighted by Gasteiger charge is 2.13. The van der Waals surface area contributed by atoms with Crippen LogP contribution in [0, 0.1) is 13.8 Å². The molecule has 1 N–H and O–H groups in total. The van der Waals surface area contributed by atoms with Gasteiger partial charge in [-0.1, -0.05) is 47.5 Å². The van der Waals surface area contributed by atoms with Gasteiger partial charge in [-0.05, 0) is 43.2 Å². The number of aryl methyl sites for hydroxylation is 2. The summed E-state index contributed by atoms with van der Waals surface area (Å²) in [6, 6.07) is 15.3. The lowest BCUT2D eigenvalue weighted by molar-refractivity contribution is 0.101. The minimum atomic E-state index is -0.402. The van der Waals surface area contributed by atoms with Crippen molar-refractivity contribution in [3.05, 3.63) is 88.5 Å². The van der Waals surface area contributed by atoms with Gasteiger partial charge < -0.3 is 4.74 Å². The molecular formula is C22H21ClN6O2. The van der Waals surface area contributed by atoms with Gasteiger partial charge in [0.1, 0.15) is 12.1 Å². The average Bonchev–Trinajstić information content (AvgIpc) is 3.38. The van der Waals surface area contributed by atoms with E-state index in [0.717, 1.165) is 11.1 Å².